The van der Waals surface area contributed by atoms with E-state index in [1.165, 1.54) is 15.4 Å². The Labute approximate surface area is 175 Å². The fourth-order valence-electron chi connectivity index (χ4n) is 3.30. The standard InChI is InChI=1S/C24H23NOS2/c1-16(26)25-18-9-5-6-10-20(18)27-21-11-7-8-12-22(21)28-23-15-17(24(2,3)4)13-14-19(23)25/h5-15H,1-4H3. The van der Waals surface area contributed by atoms with Crippen molar-refractivity contribution in [2.75, 3.05) is 4.90 Å². The molecule has 2 nitrogen and oxygen atoms in total. The Bertz CT molecular complexity index is 1050. The van der Waals surface area contributed by atoms with E-state index in [0.29, 0.717) is 0 Å². The van der Waals surface area contributed by atoms with E-state index < -0.39 is 0 Å². The summed E-state index contributed by atoms with van der Waals surface area (Å²) in [5.74, 6) is 0.0179. The van der Waals surface area contributed by atoms with Gasteiger partial charge in [-0.1, -0.05) is 74.6 Å². The van der Waals surface area contributed by atoms with Gasteiger partial charge >= 0.3 is 0 Å². The lowest BCUT2D eigenvalue weighted by Gasteiger charge is -2.27. The molecule has 0 aliphatic carbocycles. The van der Waals surface area contributed by atoms with Gasteiger partial charge in [0.15, 0.2) is 0 Å². The van der Waals surface area contributed by atoms with Gasteiger partial charge in [-0.05, 0) is 47.4 Å². The molecule has 0 bridgehead atoms. The smallest absolute Gasteiger partial charge is 0.228 e. The first-order valence-electron chi connectivity index (χ1n) is 9.33. The lowest BCUT2D eigenvalue weighted by Crippen LogP contribution is -2.24. The maximum absolute atomic E-state index is 12.8. The molecule has 1 heterocycles. The quantitative estimate of drug-likeness (QED) is 0.392. The summed E-state index contributed by atoms with van der Waals surface area (Å²) in [7, 11) is 0. The number of benzene rings is 3. The predicted molar refractivity (Wildman–Crippen MR) is 119 cm³/mol. The molecule has 3 aromatic carbocycles. The minimum absolute atomic E-state index is 0.0179. The van der Waals surface area contributed by atoms with Crippen LogP contribution in [0.5, 0.6) is 0 Å². The molecule has 4 heteroatoms. The van der Waals surface area contributed by atoms with Crippen molar-refractivity contribution in [2.24, 2.45) is 0 Å². The highest BCUT2D eigenvalue weighted by Crippen LogP contribution is 2.49. The number of hydrogen-bond donors (Lipinski definition) is 0. The van der Waals surface area contributed by atoms with Gasteiger partial charge in [-0.2, -0.15) is 0 Å². The number of amides is 1. The molecule has 4 rings (SSSR count). The summed E-state index contributed by atoms with van der Waals surface area (Å²) in [6.07, 6.45) is 0. The highest BCUT2D eigenvalue weighted by molar-refractivity contribution is 8.02. The number of carbonyl (C=O) groups excluding carboxylic acids is 1. The van der Waals surface area contributed by atoms with Crippen molar-refractivity contribution in [1.29, 1.82) is 0 Å². The van der Waals surface area contributed by atoms with Crippen molar-refractivity contribution >= 4 is 40.8 Å². The van der Waals surface area contributed by atoms with Gasteiger partial charge in [0.2, 0.25) is 5.91 Å². The Morgan fingerprint density at radius 2 is 1.29 bits per heavy atom. The third-order valence-electron chi connectivity index (χ3n) is 4.78. The third-order valence-corrected chi connectivity index (χ3v) is 7.17. The largest absolute Gasteiger partial charge is 0.279 e. The minimum Gasteiger partial charge on any atom is -0.279 e. The van der Waals surface area contributed by atoms with E-state index in [1.54, 1.807) is 30.4 Å². The van der Waals surface area contributed by atoms with Gasteiger partial charge in [0.05, 0.1) is 11.4 Å². The fourth-order valence-corrected chi connectivity index (χ4v) is 5.51. The molecule has 0 spiro atoms. The molecular weight excluding hydrogens is 382 g/mol. The Hall–Kier alpha value is -2.17. The monoisotopic (exact) mass is 405 g/mol. The first-order chi connectivity index (χ1) is 13.3. The molecule has 0 fully saturated rings. The Morgan fingerprint density at radius 1 is 0.750 bits per heavy atom. The van der Waals surface area contributed by atoms with E-state index in [4.69, 9.17) is 0 Å². The number of fused-ring (bicyclic) bond motifs is 3. The summed E-state index contributed by atoms with van der Waals surface area (Å²) in [5.41, 5.74) is 3.18. The average Bonchev–Trinajstić information content (AvgIpc) is 2.70. The predicted octanol–water partition coefficient (Wildman–Crippen LogP) is 7.28. The van der Waals surface area contributed by atoms with E-state index >= 15 is 0 Å². The van der Waals surface area contributed by atoms with E-state index in [0.717, 1.165) is 21.2 Å². The molecule has 0 N–H and O–H groups in total. The van der Waals surface area contributed by atoms with Crippen LogP contribution in [0.1, 0.15) is 33.3 Å². The van der Waals surface area contributed by atoms with Crippen LogP contribution >= 0.6 is 23.5 Å². The Kier molecular flexibility index (Phi) is 5.02. The number of anilines is 2. The topological polar surface area (TPSA) is 20.3 Å². The second-order valence-electron chi connectivity index (χ2n) is 7.91. The zero-order valence-corrected chi connectivity index (χ0v) is 18.2. The van der Waals surface area contributed by atoms with E-state index in [2.05, 4.69) is 69.3 Å². The van der Waals surface area contributed by atoms with E-state index in [1.807, 2.05) is 23.1 Å². The summed E-state index contributed by atoms with van der Waals surface area (Å²) in [6, 6.07) is 23.1. The van der Waals surface area contributed by atoms with Crippen LogP contribution in [0, 0.1) is 0 Å². The number of nitrogens with zero attached hydrogens (tertiary/aromatic N) is 1. The van der Waals surface area contributed by atoms with Crippen molar-refractivity contribution in [1.82, 2.24) is 0 Å². The van der Waals surface area contributed by atoms with Gasteiger partial charge in [0.1, 0.15) is 0 Å². The average molecular weight is 406 g/mol. The lowest BCUT2D eigenvalue weighted by atomic mass is 9.87. The molecule has 3 aromatic rings. The molecule has 1 aliphatic rings. The molecule has 0 unspecified atom stereocenters. The molecule has 1 aliphatic heterocycles. The molecule has 0 saturated carbocycles. The van der Waals surface area contributed by atoms with Crippen LogP contribution in [-0.4, -0.2) is 5.91 Å². The van der Waals surface area contributed by atoms with Crippen LogP contribution in [0.15, 0.2) is 86.3 Å². The number of carbonyl (C=O) groups is 1. The normalized spacial score (nSPS) is 13.5. The first-order valence-corrected chi connectivity index (χ1v) is 11.0. The molecule has 0 aromatic heterocycles. The van der Waals surface area contributed by atoms with Crippen LogP contribution in [0.3, 0.4) is 0 Å². The van der Waals surface area contributed by atoms with Crippen molar-refractivity contribution in [2.45, 2.75) is 52.7 Å². The fraction of sp³-hybridized carbons (Fsp3) is 0.208. The van der Waals surface area contributed by atoms with E-state index in [9.17, 15) is 4.79 Å². The number of hydrogen-bond acceptors (Lipinski definition) is 3. The van der Waals surface area contributed by atoms with Crippen LogP contribution < -0.4 is 4.90 Å². The van der Waals surface area contributed by atoms with Gasteiger partial charge in [-0.3, -0.25) is 9.69 Å². The maximum atomic E-state index is 12.8. The summed E-state index contributed by atoms with van der Waals surface area (Å²) < 4.78 is 0. The molecule has 0 saturated heterocycles. The maximum Gasteiger partial charge on any atom is 0.228 e. The molecule has 28 heavy (non-hydrogen) atoms. The summed E-state index contributed by atoms with van der Waals surface area (Å²) in [5, 5.41) is 0. The zero-order valence-electron chi connectivity index (χ0n) is 16.5. The molecule has 0 atom stereocenters. The second-order valence-corrected chi connectivity index (χ2v) is 10.1. The molecule has 1 amide bonds. The SMILES string of the molecule is CC(=O)N1c2ccccc2Sc2ccccc2Sc2cc(C(C)(C)C)ccc21. The second kappa shape index (κ2) is 7.34. The summed E-state index contributed by atoms with van der Waals surface area (Å²) >= 11 is 3.45. The van der Waals surface area contributed by atoms with Crippen molar-refractivity contribution in [3.8, 4) is 0 Å². The zero-order chi connectivity index (χ0) is 19.9. The minimum atomic E-state index is 0.0179. The van der Waals surface area contributed by atoms with Crippen molar-refractivity contribution in [3.05, 3.63) is 72.3 Å². The highest BCUT2D eigenvalue weighted by Gasteiger charge is 2.25. The molecular formula is C24H23NOS2. The molecule has 0 radical (unpaired) electrons. The summed E-state index contributed by atoms with van der Waals surface area (Å²) in [4.78, 5) is 19.2. The van der Waals surface area contributed by atoms with Gasteiger partial charge in [-0.15, -0.1) is 0 Å². The van der Waals surface area contributed by atoms with Crippen molar-refractivity contribution in [3.63, 3.8) is 0 Å². The lowest BCUT2D eigenvalue weighted by molar-refractivity contribution is -0.115. The van der Waals surface area contributed by atoms with Gasteiger partial charge in [0, 0.05) is 26.5 Å². The third kappa shape index (κ3) is 3.59. The number of para-hydroxylation sites is 1. The Balaban J connectivity index is 2.02. The van der Waals surface area contributed by atoms with Crippen LogP contribution in [0.25, 0.3) is 0 Å². The van der Waals surface area contributed by atoms with E-state index in [-0.39, 0.29) is 11.3 Å². The Morgan fingerprint density at radius 3 is 1.89 bits per heavy atom. The highest BCUT2D eigenvalue weighted by atomic mass is 32.2. The molecule has 142 valence electrons. The summed E-state index contributed by atoms with van der Waals surface area (Å²) in [6.45, 7) is 8.29. The van der Waals surface area contributed by atoms with Crippen molar-refractivity contribution < 1.29 is 4.79 Å². The van der Waals surface area contributed by atoms with Crippen LogP contribution in [-0.2, 0) is 10.2 Å². The first kappa shape index (κ1) is 19.2. The van der Waals surface area contributed by atoms with Gasteiger partial charge in [-0.25, -0.2) is 0 Å². The van der Waals surface area contributed by atoms with Crippen LogP contribution in [0.4, 0.5) is 11.4 Å². The number of rotatable bonds is 0. The van der Waals surface area contributed by atoms with Crippen LogP contribution in [0.2, 0.25) is 0 Å². The van der Waals surface area contributed by atoms with Gasteiger partial charge < -0.3 is 0 Å². The van der Waals surface area contributed by atoms with Gasteiger partial charge in [0.25, 0.3) is 0 Å².